The van der Waals surface area contributed by atoms with Crippen molar-refractivity contribution in [3.8, 4) is 0 Å². The Morgan fingerprint density at radius 1 is 1.11 bits per heavy atom. The number of hydrogen-bond acceptors (Lipinski definition) is 4. The number of fused-ring (bicyclic) bond motifs is 1. The van der Waals surface area contributed by atoms with Crippen molar-refractivity contribution in [2.24, 2.45) is 0 Å². The standard InChI is InChI=1S/C15H15N3O/c1-9-3-5-12(10(2)7-9)17-15-18-13-6-4-11(16)8-14(13)19-15/h3-8H,16H2,1-2H3,(H,17,18). The maximum atomic E-state index is 5.72. The number of aromatic nitrogens is 1. The Labute approximate surface area is 111 Å². The first-order valence-corrected chi connectivity index (χ1v) is 6.12. The molecule has 0 fully saturated rings. The first-order valence-electron chi connectivity index (χ1n) is 6.12. The summed E-state index contributed by atoms with van der Waals surface area (Å²) in [7, 11) is 0. The van der Waals surface area contributed by atoms with Crippen molar-refractivity contribution in [2.75, 3.05) is 11.1 Å². The molecule has 0 saturated carbocycles. The van der Waals surface area contributed by atoms with E-state index in [4.69, 9.17) is 10.2 Å². The largest absolute Gasteiger partial charge is 0.423 e. The summed E-state index contributed by atoms with van der Waals surface area (Å²) in [5.74, 6) is 0. The molecule has 96 valence electrons. The summed E-state index contributed by atoms with van der Waals surface area (Å²) in [5.41, 5.74) is 11.2. The van der Waals surface area contributed by atoms with Gasteiger partial charge in [0.15, 0.2) is 5.58 Å². The van der Waals surface area contributed by atoms with Crippen LogP contribution in [-0.4, -0.2) is 4.98 Å². The van der Waals surface area contributed by atoms with E-state index < -0.39 is 0 Å². The molecule has 0 radical (unpaired) electrons. The van der Waals surface area contributed by atoms with Crippen LogP contribution in [0.15, 0.2) is 40.8 Å². The minimum Gasteiger partial charge on any atom is -0.423 e. The number of nitrogen functional groups attached to an aromatic ring is 1. The van der Waals surface area contributed by atoms with E-state index in [1.54, 1.807) is 6.07 Å². The number of aryl methyl sites for hydroxylation is 2. The first kappa shape index (κ1) is 11.6. The monoisotopic (exact) mass is 253 g/mol. The van der Waals surface area contributed by atoms with Crippen LogP contribution in [0.4, 0.5) is 17.4 Å². The average Bonchev–Trinajstić information content (AvgIpc) is 2.74. The Morgan fingerprint density at radius 2 is 1.95 bits per heavy atom. The second-order valence-electron chi connectivity index (χ2n) is 4.69. The smallest absolute Gasteiger partial charge is 0.300 e. The van der Waals surface area contributed by atoms with Crippen LogP contribution in [-0.2, 0) is 0 Å². The summed E-state index contributed by atoms with van der Waals surface area (Å²) in [6, 6.07) is 12.1. The topological polar surface area (TPSA) is 64.1 Å². The minimum atomic E-state index is 0.479. The third kappa shape index (κ3) is 2.25. The van der Waals surface area contributed by atoms with Crippen molar-refractivity contribution >= 4 is 28.5 Å². The molecular weight excluding hydrogens is 238 g/mol. The molecule has 4 heteroatoms. The molecular formula is C15H15N3O. The predicted octanol–water partition coefficient (Wildman–Crippen LogP) is 3.77. The van der Waals surface area contributed by atoms with E-state index >= 15 is 0 Å². The van der Waals surface area contributed by atoms with Crippen molar-refractivity contribution in [1.82, 2.24) is 4.98 Å². The molecule has 1 heterocycles. The van der Waals surface area contributed by atoms with Gasteiger partial charge < -0.3 is 15.5 Å². The third-order valence-electron chi connectivity index (χ3n) is 3.04. The zero-order valence-corrected chi connectivity index (χ0v) is 10.9. The van der Waals surface area contributed by atoms with Gasteiger partial charge in [0, 0.05) is 17.4 Å². The zero-order valence-electron chi connectivity index (χ0n) is 10.9. The molecule has 2 aromatic carbocycles. The maximum Gasteiger partial charge on any atom is 0.300 e. The fourth-order valence-electron chi connectivity index (χ4n) is 2.06. The quantitative estimate of drug-likeness (QED) is 0.682. The van der Waals surface area contributed by atoms with Crippen LogP contribution in [0, 0.1) is 13.8 Å². The molecule has 3 N–H and O–H groups in total. The lowest BCUT2D eigenvalue weighted by Crippen LogP contribution is -1.93. The summed E-state index contributed by atoms with van der Waals surface area (Å²) in [6.45, 7) is 4.12. The van der Waals surface area contributed by atoms with Gasteiger partial charge in [0.25, 0.3) is 6.01 Å². The van der Waals surface area contributed by atoms with Gasteiger partial charge in [-0.1, -0.05) is 17.7 Å². The minimum absolute atomic E-state index is 0.479. The third-order valence-corrected chi connectivity index (χ3v) is 3.04. The molecule has 0 amide bonds. The van der Waals surface area contributed by atoms with Gasteiger partial charge in [0.1, 0.15) is 5.52 Å². The van der Waals surface area contributed by atoms with Gasteiger partial charge in [-0.2, -0.15) is 4.98 Å². The molecule has 0 aliphatic rings. The summed E-state index contributed by atoms with van der Waals surface area (Å²) >= 11 is 0. The van der Waals surface area contributed by atoms with Crippen LogP contribution in [0.3, 0.4) is 0 Å². The molecule has 4 nitrogen and oxygen atoms in total. The summed E-state index contributed by atoms with van der Waals surface area (Å²) in [6.07, 6.45) is 0. The highest BCUT2D eigenvalue weighted by Gasteiger charge is 2.07. The summed E-state index contributed by atoms with van der Waals surface area (Å²) in [5, 5.41) is 3.19. The van der Waals surface area contributed by atoms with E-state index in [1.165, 1.54) is 5.56 Å². The Bertz CT molecular complexity index is 746. The normalized spacial score (nSPS) is 10.8. The number of nitrogens with one attached hydrogen (secondary N) is 1. The second kappa shape index (κ2) is 4.31. The van der Waals surface area contributed by atoms with Crippen LogP contribution in [0.25, 0.3) is 11.1 Å². The SMILES string of the molecule is Cc1ccc(Nc2nc3ccc(N)cc3o2)c(C)c1. The molecule has 0 atom stereocenters. The fraction of sp³-hybridized carbons (Fsp3) is 0.133. The van der Waals surface area contributed by atoms with Crippen molar-refractivity contribution in [2.45, 2.75) is 13.8 Å². The predicted molar refractivity (Wildman–Crippen MR) is 77.6 cm³/mol. The highest BCUT2D eigenvalue weighted by atomic mass is 16.4. The van der Waals surface area contributed by atoms with Gasteiger partial charge in [-0.05, 0) is 37.6 Å². The Morgan fingerprint density at radius 3 is 2.74 bits per heavy atom. The van der Waals surface area contributed by atoms with Crippen LogP contribution < -0.4 is 11.1 Å². The number of rotatable bonds is 2. The maximum absolute atomic E-state index is 5.72. The molecule has 19 heavy (non-hydrogen) atoms. The molecule has 0 spiro atoms. The number of nitrogens with zero attached hydrogens (tertiary/aromatic N) is 1. The Balaban J connectivity index is 1.96. The summed E-state index contributed by atoms with van der Waals surface area (Å²) in [4.78, 5) is 4.38. The lowest BCUT2D eigenvalue weighted by molar-refractivity contribution is 0.623. The van der Waals surface area contributed by atoms with Crippen LogP contribution >= 0.6 is 0 Å². The van der Waals surface area contributed by atoms with E-state index in [1.807, 2.05) is 18.2 Å². The van der Waals surface area contributed by atoms with Gasteiger partial charge >= 0.3 is 0 Å². The van der Waals surface area contributed by atoms with Crippen LogP contribution in [0.2, 0.25) is 0 Å². The first-order chi connectivity index (χ1) is 9.11. The molecule has 0 bridgehead atoms. The molecule has 3 aromatic rings. The second-order valence-corrected chi connectivity index (χ2v) is 4.69. The number of oxazole rings is 1. The molecule has 0 saturated heterocycles. The van der Waals surface area contributed by atoms with E-state index in [2.05, 4.69) is 36.3 Å². The van der Waals surface area contributed by atoms with Gasteiger partial charge in [0.05, 0.1) is 0 Å². The molecule has 1 aromatic heterocycles. The number of hydrogen-bond donors (Lipinski definition) is 2. The number of anilines is 3. The van der Waals surface area contributed by atoms with Gasteiger partial charge in [-0.15, -0.1) is 0 Å². The highest BCUT2D eigenvalue weighted by molar-refractivity contribution is 5.78. The van der Waals surface area contributed by atoms with Crippen LogP contribution in [0.5, 0.6) is 0 Å². The van der Waals surface area contributed by atoms with Crippen molar-refractivity contribution in [3.05, 3.63) is 47.5 Å². The number of nitrogens with two attached hydrogens (primary N) is 1. The molecule has 0 unspecified atom stereocenters. The Hall–Kier alpha value is -2.49. The molecule has 3 rings (SSSR count). The van der Waals surface area contributed by atoms with Crippen molar-refractivity contribution in [3.63, 3.8) is 0 Å². The van der Waals surface area contributed by atoms with Gasteiger partial charge in [0.2, 0.25) is 0 Å². The van der Waals surface area contributed by atoms with Gasteiger partial charge in [-0.25, -0.2) is 0 Å². The molecule has 0 aliphatic carbocycles. The number of benzene rings is 2. The molecule has 0 aliphatic heterocycles. The fourth-order valence-corrected chi connectivity index (χ4v) is 2.06. The average molecular weight is 253 g/mol. The Kier molecular flexibility index (Phi) is 2.63. The highest BCUT2D eigenvalue weighted by Crippen LogP contribution is 2.25. The van der Waals surface area contributed by atoms with Crippen molar-refractivity contribution < 1.29 is 4.42 Å². The zero-order chi connectivity index (χ0) is 13.4. The lowest BCUT2D eigenvalue weighted by Gasteiger charge is -2.06. The summed E-state index contributed by atoms with van der Waals surface area (Å²) < 4.78 is 5.64. The van der Waals surface area contributed by atoms with E-state index in [0.29, 0.717) is 17.3 Å². The van der Waals surface area contributed by atoms with Gasteiger partial charge in [-0.3, -0.25) is 0 Å². The van der Waals surface area contributed by atoms with Crippen LogP contribution in [0.1, 0.15) is 11.1 Å². The lowest BCUT2D eigenvalue weighted by atomic mass is 10.1. The van der Waals surface area contributed by atoms with E-state index in [9.17, 15) is 0 Å². The van der Waals surface area contributed by atoms with Crippen molar-refractivity contribution in [1.29, 1.82) is 0 Å². The van der Waals surface area contributed by atoms with E-state index in [-0.39, 0.29) is 0 Å². The van der Waals surface area contributed by atoms with E-state index in [0.717, 1.165) is 16.8 Å².